The Kier molecular flexibility index (Phi) is 4.55. The molecule has 2 aromatic heterocycles. The lowest BCUT2D eigenvalue weighted by Gasteiger charge is -2.26. The minimum atomic E-state index is -0.583. The first-order valence-electron chi connectivity index (χ1n) is 8.94. The molecule has 3 aromatic rings. The molecule has 1 aliphatic rings. The number of carbonyl (C=O) groups is 1. The molecule has 3 heterocycles. The van der Waals surface area contributed by atoms with Crippen LogP contribution in [-0.2, 0) is 18.3 Å². The van der Waals surface area contributed by atoms with Gasteiger partial charge in [0, 0.05) is 43.8 Å². The number of pyridine rings is 1. The molecular formula is C20H22N4O3. The van der Waals surface area contributed by atoms with Crippen LogP contribution in [0, 0.1) is 0 Å². The van der Waals surface area contributed by atoms with Crippen molar-refractivity contribution in [2.24, 2.45) is 12.8 Å². The largest absolute Gasteiger partial charge is 0.379 e. The number of aromatic nitrogens is 2. The van der Waals surface area contributed by atoms with Crippen molar-refractivity contribution in [2.75, 3.05) is 26.3 Å². The van der Waals surface area contributed by atoms with E-state index >= 15 is 0 Å². The van der Waals surface area contributed by atoms with E-state index in [4.69, 9.17) is 10.5 Å². The molecule has 1 amide bonds. The number of hydrogen-bond acceptors (Lipinski definition) is 4. The summed E-state index contributed by atoms with van der Waals surface area (Å²) in [6.07, 6.45) is 1.79. The summed E-state index contributed by atoms with van der Waals surface area (Å²) < 4.78 is 6.90. The minimum Gasteiger partial charge on any atom is -0.379 e. The Balaban J connectivity index is 1.70. The first-order chi connectivity index (χ1) is 13.0. The standard InChI is InChI=1S/C20H22N4O3/c1-23-12-16(15-10-17(19(21)25)22-18(15)20(23)26)14-4-2-13(3-5-14)11-24-6-8-27-9-7-24/h2-5,10,12,22H,6-9,11H2,1H3,(H2,21,25). The Morgan fingerprint density at radius 2 is 1.93 bits per heavy atom. The fraction of sp³-hybridized carbons (Fsp3) is 0.300. The number of hydrogen-bond donors (Lipinski definition) is 2. The molecule has 27 heavy (non-hydrogen) atoms. The Morgan fingerprint density at radius 3 is 2.59 bits per heavy atom. The van der Waals surface area contributed by atoms with Crippen LogP contribution < -0.4 is 11.3 Å². The van der Waals surface area contributed by atoms with Gasteiger partial charge in [-0.25, -0.2) is 0 Å². The molecule has 1 aromatic carbocycles. The number of benzene rings is 1. The highest BCUT2D eigenvalue weighted by Crippen LogP contribution is 2.28. The van der Waals surface area contributed by atoms with E-state index in [2.05, 4.69) is 22.0 Å². The number of nitrogens with one attached hydrogen (secondary N) is 1. The van der Waals surface area contributed by atoms with E-state index in [1.54, 1.807) is 19.3 Å². The summed E-state index contributed by atoms with van der Waals surface area (Å²) in [6, 6.07) is 9.95. The average molecular weight is 366 g/mol. The maximum Gasteiger partial charge on any atom is 0.274 e. The van der Waals surface area contributed by atoms with Gasteiger partial charge in [0.15, 0.2) is 0 Å². The number of nitrogens with two attached hydrogens (primary N) is 1. The topological polar surface area (TPSA) is 93.3 Å². The van der Waals surface area contributed by atoms with E-state index < -0.39 is 5.91 Å². The zero-order valence-electron chi connectivity index (χ0n) is 15.2. The number of aromatic amines is 1. The molecule has 0 radical (unpaired) electrons. The first kappa shape index (κ1) is 17.5. The second-order valence-electron chi connectivity index (χ2n) is 6.88. The van der Waals surface area contributed by atoms with Gasteiger partial charge >= 0.3 is 0 Å². The minimum absolute atomic E-state index is 0.190. The van der Waals surface area contributed by atoms with Crippen LogP contribution in [0.4, 0.5) is 0 Å². The fourth-order valence-corrected chi connectivity index (χ4v) is 3.50. The maximum atomic E-state index is 12.4. The second kappa shape index (κ2) is 7.02. The molecule has 1 aliphatic heterocycles. The molecule has 4 rings (SSSR count). The summed E-state index contributed by atoms with van der Waals surface area (Å²) in [7, 11) is 1.70. The molecule has 0 unspecified atom stereocenters. The van der Waals surface area contributed by atoms with Crippen LogP contribution in [0.25, 0.3) is 22.0 Å². The Bertz CT molecular complexity index is 1040. The number of primary amides is 1. The lowest BCUT2D eigenvalue weighted by Crippen LogP contribution is -2.35. The molecule has 7 heteroatoms. The van der Waals surface area contributed by atoms with E-state index in [0.717, 1.165) is 44.0 Å². The quantitative estimate of drug-likeness (QED) is 0.731. The molecule has 0 spiro atoms. The SMILES string of the molecule is Cn1cc(-c2ccc(CN3CCOCC3)cc2)c2cc(C(N)=O)[nH]c2c1=O. The van der Waals surface area contributed by atoms with Gasteiger partial charge in [0.05, 0.1) is 13.2 Å². The molecule has 0 bridgehead atoms. The summed E-state index contributed by atoms with van der Waals surface area (Å²) >= 11 is 0. The molecule has 7 nitrogen and oxygen atoms in total. The molecule has 1 saturated heterocycles. The maximum absolute atomic E-state index is 12.4. The predicted molar refractivity (Wildman–Crippen MR) is 104 cm³/mol. The van der Waals surface area contributed by atoms with Crippen LogP contribution in [0.5, 0.6) is 0 Å². The number of rotatable bonds is 4. The molecular weight excluding hydrogens is 344 g/mol. The van der Waals surface area contributed by atoms with E-state index in [1.165, 1.54) is 10.1 Å². The molecule has 1 fully saturated rings. The highest BCUT2D eigenvalue weighted by atomic mass is 16.5. The van der Waals surface area contributed by atoms with Crippen molar-refractivity contribution in [3.05, 3.63) is 58.1 Å². The van der Waals surface area contributed by atoms with Crippen LogP contribution >= 0.6 is 0 Å². The predicted octanol–water partition coefficient (Wildman–Crippen LogP) is 1.46. The van der Waals surface area contributed by atoms with Gasteiger partial charge in [-0.1, -0.05) is 24.3 Å². The summed E-state index contributed by atoms with van der Waals surface area (Å²) in [6.45, 7) is 4.35. The van der Waals surface area contributed by atoms with Gasteiger partial charge in [-0.2, -0.15) is 0 Å². The molecule has 3 N–H and O–H groups in total. The number of ether oxygens (including phenoxy) is 1. The van der Waals surface area contributed by atoms with Crippen LogP contribution in [0.3, 0.4) is 0 Å². The number of fused-ring (bicyclic) bond motifs is 1. The van der Waals surface area contributed by atoms with Gasteiger partial charge in [-0.3, -0.25) is 14.5 Å². The van der Waals surface area contributed by atoms with Crippen molar-refractivity contribution in [1.29, 1.82) is 0 Å². The number of carbonyl (C=O) groups excluding carboxylic acids is 1. The van der Waals surface area contributed by atoms with E-state index in [9.17, 15) is 9.59 Å². The second-order valence-corrected chi connectivity index (χ2v) is 6.88. The van der Waals surface area contributed by atoms with Crippen LogP contribution in [0.2, 0.25) is 0 Å². The van der Waals surface area contributed by atoms with Gasteiger partial charge in [0.2, 0.25) is 0 Å². The number of H-pyrrole nitrogens is 1. The monoisotopic (exact) mass is 366 g/mol. The summed E-state index contributed by atoms with van der Waals surface area (Å²) in [4.78, 5) is 29.1. The van der Waals surface area contributed by atoms with Crippen LogP contribution in [0.15, 0.2) is 41.3 Å². The van der Waals surface area contributed by atoms with E-state index in [0.29, 0.717) is 10.9 Å². The van der Waals surface area contributed by atoms with Crippen LogP contribution in [0.1, 0.15) is 16.1 Å². The van der Waals surface area contributed by atoms with E-state index in [1.807, 2.05) is 12.1 Å². The first-order valence-corrected chi connectivity index (χ1v) is 8.94. The Morgan fingerprint density at radius 1 is 1.22 bits per heavy atom. The third-order valence-electron chi connectivity index (χ3n) is 5.01. The van der Waals surface area contributed by atoms with Gasteiger partial charge in [-0.15, -0.1) is 0 Å². The number of morpholine rings is 1. The summed E-state index contributed by atoms with van der Waals surface area (Å²) in [5.41, 5.74) is 8.90. The van der Waals surface area contributed by atoms with Crippen molar-refractivity contribution >= 4 is 16.8 Å². The zero-order valence-corrected chi connectivity index (χ0v) is 15.2. The van der Waals surface area contributed by atoms with Crippen molar-refractivity contribution < 1.29 is 9.53 Å². The number of nitrogens with zero attached hydrogens (tertiary/aromatic N) is 2. The normalized spacial score (nSPS) is 15.3. The third-order valence-corrected chi connectivity index (χ3v) is 5.01. The van der Waals surface area contributed by atoms with Crippen molar-refractivity contribution in [2.45, 2.75) is 6.54 Å². The molecule has 0 saturated carbocycles. The lowest BCUT2D eigenvalue weighted by atomic mass is 10.0. The number of aryl methyl sites for hydroxylation is 1. The Labute approximate surface area is 156 Å². The molecule has 0 atom stereocenters. The Hall–Kier alpha value is -2.90. The average Bonchev–Trinajstić information content (AvgIpc) is 3.12. The summed E-state index contributed by atoms with van der Waals surface area (Å²) in [5.74, 6) is -0.583. The summed E-state index contributed by atoms with van der Waals surface area (Å²) in [5, 5.41) is 0.702. The lowest BCUT2D eigenvalue weighted by molar-refractivity contribution is 0.0342. The van der Waals surface area contributed by atoms with Crippen molar-refractivity contribution in [3.63, 3.8) is 0 Å². The van der Waals surface area contributed by atoms with Crippen molar-refractivity contribution in [3.8, 4) is 11.1 Å². The smallest absolute Gasteiger partial charge is 0.274 e. The fourth-order valence-electron chi connectivity index (χ4n) is 3.50. The van der Waals surface area contributed by atoms with Crippen LogP contribution in [-0.4, -0.2) is 46.7 Å². The van der Waals surface area contributed by atoms with Crippen molar-refractivity contribution in [1.82, 2.24) is 14.5 Å². The zero-order chi connectivity index (χ0) is 19.0. The molecule has 140 valence electrons. The van der Waals surface area contributed by atoms with Gasteiger partial charge in [-0.05, 0) is 17.2 Å². The highest BCUT2D eigenvalue weighted by Gasteiger charge is 2.15. The molecule has 0 aliphatic carbocycles. The highest BCUT2D eigenvalue weighted by molar-refractivity contribution is 6.01. The van der Waals surface area contributed by atoms with Gasteiger partial charge < -0.3 is 20.0 Å². The third kappa shape index (κ3) is 3.39. The number of amides is 1. The van der Waals surface area contributed by atoms with E-state index in [-0.39, 0.29) is 11.3 Å². The van der Waals surface area contributed by atoms with Gasteiger partial charge in [0.1, 0.15) is 11.2 Å². The van der Waals surface area contributed by atoms with Gasteiger partial charge in [0.25, 0.3) is 11.5 Å².